The predicted molar refractivity (Wildman–Crippen MR) is 118 cm³/mol. The number of nitrogens with zero attached hydrogens (tertiary/aromatic N) is 1. The van der Waals surface area contributed by atoms with Crippen LogP contribution in [0.5, 0.6) is 11.5 Å². The van der Waals surface area contributed by atoms with Crippen molar-refractivity contribution in [3.05, 3.63) is 34.3 Å². The topological polar surface area (TPSA) is 104 Å². The van der Waals surface area contributed by atoms with E-state index in [1.54, 1.807) is 0 Å². The van der Waals surface area contributed by atoms with Crippen molar-refractivity contribution in [2.45, 2.75) is 44.0 Å². The first-order valence-corrected chi connectivity index (χ1v) is 11.7. The first kappa shape index (κ1) is 22.4. The predicted octanol–water partition coefficient (Wildman–Crippen LogP) is 3.25. The monoisotopic (exact) mass is 449 g/mol. The first-order valence-electron chi connectivity index (χ1n) is 9.89. The molecule has 1 aliphatic heterocycles. The van der Waals surface area contributed by atoms with Crippen molar-refractivity contribution < 1.29 is 19.1 Å². The number of aryl methyl sites for hydroxylation is 1. The number of nitrogens with one attached hydrogen (secondary N) is 1. The Bertz CT molecular complexity index is 914. The highest BCUT2D eigenvalue weighted by atomic mass is 32.2. The number of ether oxygens (including phenoxy) is 2. The minimum atomic E-state index is -0.383. The fourth-order valence-corrected chi connectivity index (χ4v) is 5.19. The number of thiazole rings is 1. The molecule has 3 rings (SSSR count). The SMILES string of the molecule is Cc1nc(SCC(=O)N[C@@H](c2ccc3c(c2)OCCCO3)C(C)C)sc1CC(N)=O. The van der Waals surface area contributed by atoms with E-state index < -0.39 is 0 Å². The zero-order valence-corrected chi connectivity index (χ0v) is 19.0. The molecule has 0 saturated carbocycles. The Labute approximate surface area is 184 Å². The van der Waals surface area contributed by atoms with Gasteiger partial charge in [0.2, 0.25) is 11.8 Å². The van der Waals surface area contributed by atoms with Crippen molar-refractivity contribution in [3.63, 3.8) is 0 Å². The number of primary amides is 1. The van der Waals surface area contributed by atoms with Crippen molar-refractivity contribution in [1.29, 1.82) is 0 Å². The summed E-state index contributed by atoms with van der Waals surface area (Å²) >= 11 is 2.77. The molecule has 1 aromatic heterocycles. The van der Waals surface area contributed by atoms with Gasteiger partial charge in [-0.3, -0.25) is 9.59 Å². The van der Waals surface area contributed by atoms with E-state index in [0.717, 1.165) is 38.4 Å². The Morgan fingerprint density at radius 1 is 1.27 bits per heavy atom. The molecule has 1 aliphatic rings. The highest BCUT2D eigenvalue weighted by Gasteiger charge is 2.21. The smallest absolute Gasteiger partial charge is 0.230 e. The highest BCUT2D eigenvalue weighted by Crippen LogP contribution is 2.34. The zero-order chi connectivity index (χ0) is 21.7. The molecule has 1 atom stereocenters. The summed E-state index contributed by atoms with van der Waals surface area (Å²) in [4.78, 5) is 29.0. The van der Waals surface area contributed by atoms with E-state index in [2.05, 4.69) is 24.1 Å². The maximum Gasteiger partial charge on any atom is 0.230 e. The molecule has 2 amide bonds. The van der Waals surface area contributed by atoms with Gasteiger partial charge in [-0.1, -0.05) is 31.7 Å². The number of fused-ring (bicyclic) bond motifs is 1. The van der Waals surface area contributed by atoms with Gasteiger partial charge in [0.05, 0.1) is 37.1 Å². The van der Waals surface area contributed by atoms with E-state index in [1.807, 2.05) is 25.1 Å². The van der Waals surface area contributed by atoms with Crippen LogP contribution >= 0.6 is 23.1 Å². The maximum absolute atomic E-state index is 12.6. The summed E-state index contributed by atoms with van der Waals surface area (Å²) in [6.45, 7) is 7.25. The van der Waals surface area contributed by atoms with E-state index >= 15 is 0 Å². The van der Waals surface area contributed by atoms with Gasteiger partial charge >= 0.3 is 0 Å². The molecule has 30 heavy (non-hydrogen) atoms. The van der Waals surface area contributed by atoms with E-state index in [-0.39, 0.29) is 35.9 Å². The number of nitrogens with two attached hydrogens (primary N) is 1. The molecule has 0 aliphatic carbocycles. The van der Waals surface area contributed by atoms with Crippen LogP contribution in [0.15, 0.2) is 22.5 Å². The van der Waals surface area contributed by atoms with Crippen molar-refractivity contribution in [2.24, 2.45) is 11.7 Å². The number of hydrogen-bond acceptors (Lipinski definition) is 7. The molecule has 0 unspecified atom stereocenters. The lowest BCUT2D eigenvalue weighted by atomic mass is 9.95. The van der Waals surface area contributed by atoms with Gasteiger partial charge in [-0.2, -0.15) is 0 Å². The Kier molecular flexibility index (Phi) is 7.60. The van der Waals surface area contributed by atoms with Gasteiger partial charge in [0.15, 0.2) is 15.8 Å². The second-order valence-corrected chi connectivity index (χ2v) is 9.77. The Balaban J connectivity index is 1.63. The van der Waals surface area contributed by atoms with Gasteiger partial charge < -0.3 is 20.5 Å². The second kappa shape index (κ2) is 10.2. The fraction of sp³-hybridized carbons (Fsp3) is 0.476. The lowest BCUT2D eigenvalue weighted by Crippen LogP contribution is -2.33. The van der Waals surface area contributed by atoms with Crippen LogP contribution in [0.1, 0.15) is 42.4 Å². The average Bonchev–Trinajstić information content (AvgIpc) is 2.89. The Hall–Kier alpha value is -2.26. The molecule has 0 bridgehead atoms. The molecule has 1 aromatic carbocycles. The van der Waals surface area contributed by atoms with Gasteiger partial charge in [0, 0.05) is 11.3 Å². The lowest BCUT2D eigenvalue weighted by Gasteiger charge is -2.23. The van der Waals surface area contributed by atoms with E-state index in [9.17, 15) is 9.59 Å². The van der Waals surface area contributed by atoms with Crippen LogP contribution in [0.25, 0.3) is 0 Å². The average molecular weight is 450 g/mol. The number of amides is 2. The molecule has 3 N–H and O–H groups in total. The van der Waals surface area contributed by atoms with Crippen molar-refractivity contribution in [1.82, 2.24) is 10.3 Å². The van der Waals surface area contributed by atoms with Crippen LogP contribution in [0.4, 0.5) is 0 Å². The van der Waals surface area contributed by atoms with Gasteiger partial charge in [-0.25, -0.2) is 4.98 Å². The summed E-state index contributed by atoms with van der Waals surface area (Å²) in [5.74, 6) is 1.46. The van der Waals surface area contributed by atoms with Crippen molar-refractivity contribution in [3.8, 4) is 11.5 Å². The molecule has 0 radical (unpaired) electrons. The van der Waals surface area contributed by atoms with E-state index in [0.29, 0.717) is 13.2 Å². The number of aromatic nitrogens is 1. The molecule has 0 saturated heterocycles. The lowest BCUT2D eigenvalue weighted by molar-refractivity contribution is -0.119. The van der Waals surface area contributed by atoms with Gasteiger partial charge in [0.25, 0.3) is 0 Å². The summed E-state index contributed by atoms with van der Waals surface area (Å²) in [5, 5.41) is 3.13. The Morgan fingerprint density at radius 3 is 2.70 bits per heavy atom. The van der Waals surface area contributed by atoms with Crippen LogP contribution in [-0.2, 0) is 16.0 Å². The zero-order valence-electron chi connectivity index (χ0n) is 17.4. The van der Waals surface area contributed by atoms with Gasteiger partial charge in [-0.15, -0.1) is 11.3 Å². The summed E-state index contributed by atoms with van der Waals surface area (Å²) in [5.41, 5.74) is 7.04. The normalized spacial score (nSPS) is 14.3. The number of rotatable bonds is 8. The summed E-state index contributed by atoms with van der Waals surface area (Å²) in [6.07, 6.45) is 1.03. The third kappa shape index (κ3) is 5.89. The van der Waals surface area contributed by atoms with Crippen molar-refractivity contribution >= 4 is 34.9 Å². The number of carbonyl (C=O) groups excluding carboxylic acids is 2. The van der Waals surface area contributed by atoms with Crippen LogP contribution in [-0.4, -0.2) is 35.8 Å². The fourth-order valence-electron chi connectivity index (χ4n) is 3.14. The van der Waals surface area contributed by atoms with E-state index in [1.165, 1.54) is 23.1 Å². The second-order valence-electron chi connectivity index (χ2n) is 7.47. The number of thioether (sulfide) groups is 1. The largest absolute Gasteiger partial charge is 0.490 e. The van der Waals surface area contributed by atoms with Crippen LogP contribution in [0, 0.1) is 12.8 Å². The molecule has 2 heterocycles. The molecule has 9 heteroatoms. The van der Waals surface area contributed by atoms with Crippen LogP contribution in [0.3, 0.4) is 0 Å². The molecule has 0 fully saturated rings. The third-order valence-corrected chi connectivity index (χ3v) is 6.95. The third-order valence-electron chi connectivity index (χ3n) is 4.65. The summed E-state index contributed by atoms with van der Waals surface area (Å²) < 4.78 is 12.2. The van der Waals surface area contributed by atoms with Gasteiger partial charge in [-0.05, 0) is 30.5 Å². The summed E-state index contributed by atoms with van der Waals surface area (Å²) in [7, 11) is 0. The molecule has 162 valence electrons. The number of hydrogen-bond donors (Lipinski definition) is 2. The maximum atomic E-state index is 12.6. The minimum absolute atomic E-state index is 0.0740. The van der Waals surface area contributed by atoms with Crippen molar-refractivity contribution in [2.75, 3.05) is 19.0 Å². The molecular formula is C21H27N3O4S2. The van der Waals surface area contributed by atoms with Crippen LogP contribution in [0.2, 0.25) is 0 Å². The van der Waals surface area contributed by atoms with Gasteiger partial charge in [0.1, 0.15) is 0 Å². The molecule has 2 aromatic rings. The minimum Gasteiger partial charge on any atom is -0.490 e. The number of carbonyl (C=O) groups is 2. The Morgan fingerprint density at radius 2 is 2.00 bits per heavy atom. The van der Waals surface area contributed by atoms with E-state index in [4.69, 9.17) is 15.2 Å². The molecule has 0 spiro atoms. The molecule has 7 nitrogen and oxygen atoms in total. The quantitative estimate of drug-likeness (QED) is 0.600. The summed E-state index contributed by atoms with van der Waals surface area (Å²) in [6, 6.07) is 5.70. The standard InChI is InChI=1S/C21H27N3O4S2/c1-12(2)20(14-5-6-15-16(9-14)28-8-4-7-27-15)24-19(26)11-29-21-23-13(3)17(30-21)10-18(22)25/h5-6,9,12,20H,4,7-8,10-11H2,1-3H3,(H2,22,25)(H,24,26)/t20-/m1/s1. The van der Waals surface area contributed by atoms with Crippen LogP contribution < -0.4 is 20.5 Å². The number of benzene rings is 1. The molecular weight excluding hydrogens is 422 g/mol. The highest BCUT2D eigenvalue weighted by molar-refractivity contribution is 8.01. The first-order chi connectivity index (χ1) is 14.3.